The summed E-state index contributed by atoms with van der Waals surface area (Å²) < 4.78 is 6.59. The van der Waals surface area contributed by atoms with Crippen LogP contribution in [0.2, 0.25) is 0 Å². The van der Waals surface area contributed by atoms with Crippen molar-refractivity contribution in [1.82, 2.24) is 0 Å². The van der Waals surface area contributed by atoms with E-state index in [0.29, 0.717) is 0 Å². The molecule has 10 aromatic rings. The molecule has 59 heavy (non-hydrogen) atoms. The van der Waals surface area contributed by atoms with Gasteiger partial charge in [0, 0.05) is 38.7 Å². The van der Waals surface area contributed by atoms with Crippen LogP contribution >= 0.6 is 0 Å². The van der Waals surface area contributed by atoms with Crippen molar-refractivity contribution in [3.8, 4) is 55.6 Å². The predicted octanol–water partition coefficient (Wildman–Crippen LogP) is 16.0. The molecule has 0 aliphatic heterocycles. The second kappa shape index (κ2) is 13.9. The Balaban J connectivity index is 1.18. The van der Waals surface area contributed by atoms with Crippen molar-refractivity contribution in [1.29, 1.82) is 0 Å². The molecule has 1 aliphatic carbocycles. The second-order valence-corrected chi connectivity index (χ2v) is 16.0. The van der Waals surface area contributed by atoms with E-state index in [-0.39, 0.29) is 5.41 Å². The topological polar surface area (TPSA) is 16.4 Å². The van der Waals surface area contributed by atoms with Gasteiger partial charge in [0.1, 0.15) is 11.2 Å². The molecule has 0 atom stereocenters. The van der Waals surface area contributed by atoms with E-state index in [9.17, 15) is 0 Å². The summed E-state index contributed by atoms with van der Waals surface area (Å²) in [5.74, 6) is 0. The van der Waals surface area contributed by atoms with Crippen molar-refractivity contribution in [3.63, 3.8) is 0 Å². The smallest absolute Gasteiger partial charge is 0.136 e. The molecule has 0 spiro atoms. The Morgan fingerprint density at radius 3 is 1.71 bits per heavy atom. The van der Waals surface area contributed by atoms with Crippen LogP contribution in [0.3, 0.4) is 0 Å². The molecular weight excluding hydrogens is 715 g/mol. The number of furan rings is 1. The minimum absolute atomic E-state index is 0.147. The van der Waals surface area contributed by atoms with E-state index >= 15 is 0 Å². The van der Waals surface area contributed by atoms with E-state index in [4.69, 9.17) is 4.42 Å². The summed E-state index contributed by atoms with van der Waals surface area (Å²) in [7, 11) is 0. The van der Waals surface area contributed by atoms with Gasteiger partial charge < -0.3 is 9.32 Å². The van der Waals surface area contributed by atoms with E-state index < -0.39 is 0 Å². The predicted molar refractivity (Wildman–Crippen MR) is 248 cm³/mol. The molecule has 1 aromatic heterocycles. The summed E-state index contributed by atoms with van der Waals surface area (Å²) in [6.45, 7) is 4.71. The first-order chi connectivity index (χ1) is 29.0. The summed E-state index contributed by atoms with van der Waals surface area (Å²) in [5.41, 5.74) is 19.6. The van der Waals surface area contributed by atoms with Gasteiger partial charge in [-0.05, 0) is 104 Å². The molecule has 0 bridgehead atoms. The SMILES string of the molecule is CC1(C)c2ccccc2-c2ccc(N(c3ccc(-c4ccccc4)cc3)c3ccccc3-c3ccc4oc5ccccc5c4c3-c3ccccc3-c3ccccc3)cc21. The molecule has 0 unspecified atom stereocenters. The lowest BCUT2D eigenvalue weighted by molar-refractivity contribution is 0.660. The Kier molecular flexibility index (Phi) is 8.20. The van der Waals surface area contributed by atoms with Crippen LogP contribution in [0.25, 0.3) is 77.6 Å². The molecule has 0 fully saturated rings. The highest BCUT2D eigenvalue weighted by Crippen LogP contribution is 2.53. The van der Waals surface area contributed by atoms with E-state index in [1.807, 2.05) is 0 Å². The molecule has 0 N–H and O–H groups in total. The molecule has 0 radical (unpaired) electrons. The summed E-state index contributed by atoms with van der Waals surface area (Å²) in [6, 6.07) is 76.9. The monoisotopic (exact) mass is 755 g/mol. The zero-order valence-corrected chi connectivity index (χ0v) is 33.1. The first kappa shape index (κ1) is 34.8. The minimum Gasteiger partial charge on any atom is -0.456 e. The molecule has 0 amide bonds. The average molecular weight is 756 g/mol. The molecule has 0 saturated carbocycles. The number of nitrogens with zero attached hydrogens (tertiary/aromatic N) is 1. The van der Waals surface area contributed by atoms with Gasteiger partial charge >= 0.3 is 0 Å². The first-order valence-electron chi connectivity index (χ1n) is 20.4. The van der Waals surface area contributed by atoms with Crippen LogP contribution in [0.4, 0.5) is 17.1 Å². The van der Waals surface area contributed by atoms with Gasteiger partial charge in [0.05, 0.1) is 5.69 Å². The third-order valence-corrected chi connectivity index (χ3v) is 12.3. The quantitative estimate of drug-likeness (QED) is 0.161. The number of para-hydroxylation sites is 2. The number of rotatable bonds is 7. The molecule has 1 aliphatic rings. The van der Waals surface area contributed by atoms with Crippen LogP contribution in [-0.2, 0) is 5.41 Å². The number of hydrogen-bond acceptors (Lipinski definition) is 2. The van der Waals surface area contributed by atoms with Crippen molar-refractivity contribution < 1.29 is 4.42 Å². The number of hydrogen-bond donors (Lipinski definition) is 0. The van der Waals surface area contributed by atoms with Gasteiger partial charge in [-0.15, -0.1) is 0 Å². The molecule has 1 heterocycles. The summed E-state index contributed by atoms with van der Waals surface area (Å²) in [4.78, 5) is 2.45. The standard InChI is InChI=1S/C57H41NO/c1-57(2)50-26-14-11-22-44(50)45-34-33-42(37-51(45)57)58(41-31-29-39(30-32-41)38-17-5-3-6-18-38)52-27-15-12-23-46(52)48-35-36-54-56(49-25-13-16-28-53(49)59-54)55(48)47-24-10-9-21-43(47)40-19-7-4-8-20-40/h3-37H,1-2H3. The van der Waals surface area contributed by atoms with Crippen LogP contribution in [0.1, 0.15) is 25.0 Å². The number of fused-ring (bicyclic) bond motifs is 6. The Morgan fingerprint density at radius 2 is 0.932 bits per heavy atom. The Labute approximate surface area is 345 Å². The lowest BCUT2D eigenvalue weighted by atomic mass is 9.82. The van der Waals surface area contributed by atoms with Gasteiger partial charge in [-0.1, -0.05) is 178 Å². The minimum atomic E-state index is -0.147. The highest BCUT2D eigenvalue weighted by Gasteiger charge is 2.36. The zero-order chi connectivity index (χ0) is 39.5. The van der Waals surface area contributed by atoms with E-state index in [2.05, 4.69) is 231 Å². The molecule has 2 nitrogen and oxygen atoms in total. The first-order valence-corrected chi connectivity index (χ1v) is 20.4. The van der Waals surface area contributed by atoms with Gasteiger partial charge in [-0.25, -0.2) is 0 Å². The summed E-state index contributed by atoms with van der Waals surface area (Å²) in [6.07, 6.45) is 0. The van der Waals surface area contributed by atoms with E-state index in [1.54, 1.807) is 0 Å². The van der Waals surface area contributed by atoms with Crippen molar-refractivity contribution in [2.24, 2.45) is 0 Å². The Hall–Kier alpha value is -7.42. The highest BCUT2D eigenvalue weighted by molar-refractivity contribution is 6.18. The lowest BCUT2D eigenvalue weighted by Crippen LogP contribution is -2.17. The third-order valence-electron chi connectivity index (χ3n) is 12.3. The van der Waals surface area contributed by atoms with Gasteiger partial charge in [0.25, 0.3) is 0 Å². The average Bonchev–Trinajstić information content (AvgIpc) is 3.79. The van der Waals surface area contributed by atoms with Gasteiger partial charge in [-0.3, -0.25) is 0 Å². The fraction of sp³-hybridized carbons (Fsp3) is 0.0526. The molecule has 2 heteroatoms. The Morgan fingerprint density at radius 1 is 0.373 bits per heavy atom. The largest absolute Gasteiger partial charge is 0.456 e. The second-order valence-electron chi connectivity index (χ2n) is 16.0. The number of anilines is 3. The maximum Gasteiger partial charge on any atom is 0.136 e. The van der Waals surface area contributed by atoms with Crippen LogP contribution in [0, 0.1) is 0 Å². The zero-order valence-electron chi connectivity index (χ0n) is 33.1. The van der Waals surface area contributed by atoms with Crippen molar-refractivity contribution in [2.45, 2.75) is 19.3 Å². The maximum absolute atomic E-state index is 6.59. The number of benzene rings is 9. The summed E-state index contributed by atoms with van der Waals surface area (Å²) in [5, 5.41) is 2.22. The van der Waals surface area contributed by atoms with Crippen molar-refractivity contribution in [2.75, 3.05) is 4.90 Å². The van der Waals surface area contributed by atoms with Crippen molar-refractivity contribution >= 4 is 39.0 Å². The fourth-order valence-electron chi connectivity index (χ4n) is 9.48. The molecule has 0 saturated heterocycles. The maximum atomic E-state index is 6.59. The van der Waals surface area contributed by atoms with Crippen LogP contribution in [0.5, 0.6) is 0 Å². The molecule has 11 rings (SSSR count). The summed E-state index contributed by atoms with van der Waals surface area (Å²) >= 11 is 0. The van der Waals surface area contributed by atoms with Gasteiger partial charge in [-0.2, -0.15) is 0 Å². The van der Waals surface area contributed by atoms with E-state index in [1.165, 1.54) is 44.5 Å². The normalized spacial score (nSPS) is 12.7. The van der Waals surface area contributed by atoms with Gasteiger partial charge in [0.2, 0.25) is 0 Å². The van der Waals surface area contributed by atoms with Crippen LogP contribution < -0.4 is 4.90 Å². The molecule has 280 valence electrons. The molecular formula is C57H41NO. The Bertz CT molecular complexity index is 3170. The highest BCUT2D eigenvalue weighted by atomic mass is 16.3. The van der Waals surface area contributed by atoms with Crippen LogP contribution in [0.15, 0.2) is 217 Å². The molecule has 9 aromatic carbocycles. The van der Waals surface area contributed by atoms with Gasteiger partial charge in [0.15, 0.2) is 0 Å². The van der Waals surface area contributed by atoms with Crippen molar-refractivity contribution in [3.05, 3.63) is 223 Å². The third kappa shape index (κ3) is 5.71. The fourth-order valence-corrected chi connectivity index (χ4v) is 9.48. The lowest BCUT2D eigenvalue weighted by Gasteiger charge is -2.30. The van der Waals surface area contributed by atoms with E-state index in [0.717, 1.165) is 61.3 Å². The van der Waals surface area contributed by atoms with Crippen LogP contribution in [-0.4, -0.2) is 0 Å².